The maximum atomic E-state index is 12.5. The van der Waals surface area contributed by atoms with Crippen LogP contribution < -0.4 is 10.6 Å². The van der Waals surface area contributed by atoms with E-state index in [1.807, 2.05) is 32.0 Å². The quantitative estimate of drug-likeness (QED) is 0.315. The number of carbonyl (C=O) groups is 2. The number of hydrogen-bond acceptors (Lipinski definition) is 5. The van der Waals surface area contributed by atoms with E-state index in [0.717, 1.165) is 16.8 Å². The van der Waals surface area contributed by atoms with Crippen LogP contribution in [0.3, 0.4) is 0 Å². The number of aromatic nitrogens is 3. The van der Waals surface area contributed by atoms with E-state index in [2.05, 4.69) is 27.4 Å². The summed E-state index contributed by atoms with van der Waals surface area (Å²) >= 11 is 13.2. The number of aryl methyl sites for hydroxylation is 2. The summed E-state index contributed by atoms with van der Waals surface area (Å²) in [6.07, 6.45) is 1.70. The summed E-state index contributed by atoms with van der Waals surface area (Å²) in [4.78, 5) is 24.9. The second kappa shape index (κ2) is 11.4. The Hall–Kier alpha value is -2.81. The van der Waals surface area contributed by atoms with Crippen molar-refractivity contribution in [3.8, 4) is 0 Å². The fourth-order valence-corrected chi connectivity index (χ4v) is 4.43. The normalized spacial score (nSPS) is 10.7. The van der Waals surface area contributed by atoms with Gasteiger partial charge in [-0.25, -0.2) is 0 Å². The molecular weight excluding hydrogens is 481 g/mol. The number of nitrogens with zero attached hydrogens (tertiary/aromatic N) is 3. The van der Waals surface area contributed by atoms with Crippen molar-refractivity contribution in [3.63, 3.8) is 0 Å². The molecule has 0 radical (unpaired) electrons. The summed E-state index contributed by atoms with van der Waals surface area (Å²) in [5, 5.41) is 15.3. The molecule has 0 saturated heterocycles. The zero-order valence-electron chi connectivity index (χ0n) is 18.2. The van der Waals surface area contributed by atoms with Gasteiger partial charge in [0, 0.05) is 17.3 Å². The minimum Gasteiger partial charge on any atom is -0.345 e. The van der Waals surface area contributed by atoms with Crippen molar-refractivity contribution < 1.29 is 9.59 Å². The van der Waals surface area contributed by atoms with Crippen LogP contribution in [-0.2, 0) is 17.9 Å². The zero-order chi connectivity index (χ0) is 24.0. The number of rotatable bonds is 9. The molecule has 33 heavy (non-hydrogen) atoms. The van der Waals surface area contributed by atoms with Gasteiger partial charge in [0.15, 0.2) is 11.0 Å². The Labute approximate surface area is 206 Å². The van der Waals surface area contributed by atoms with Crippen LogP contribution in [0.25, 0.3) is 0 Å². The summed E-state index contributed by atoms with van der Waals surface area (Å²) < 4.78 is 1.80. The molecule has 0 spiro atoms. The third kappa shape index (κ3) is 6.83. The number of benzene rings is 2. The van der Waals surface area contributed by atoms with Crippen LogP contribution in [0.15, 0.2) is 54.2 Å². The number of nitrogens with one attached hydrogen (secondary N) is 2. The first-order valence-corrected chi connectivity index (χ1v) is 11.8. The molecule has 0 aliphatic rings. The lowest BCUT2D eigenvalue weighted by molar-refractivity contribution is -0.113. The van der Waals surface area contributed by atoms with Crippen LogP contribution >= 0.6 is 35.0 Å². The Morgan fingerprint density at radius 1 is 1.12 bits per heavy atom. The Balaban J connectivity index is 1.63. The van der Waals surface area contributed by atoms with E-state index in [1.54, 1.807) is 22.8 Å². The lowest BCUT2D eigenvalue weighted by Crippen LogP contribution is -2.25. The third-order valence-electron chi connectivity index (χ3n) is 4.53. The lowest BCUT2D eigenvalue weighted by Gasteiger charge is -2.10. The highest BCUT2D eigenvalue weighted by Crippen LogP contribution is 2.22. The van der Waals surface area contributed by atoms with Crippen molar-refractivity contribution in [1.29, 1.82) is 0 Å². The fraction of sp³-hybridized carbons (Fsp3) is 0.217. The lowest BCUT2D eigenvalue weighted by atomic mass is 10.1. The molecule has 2 amide bonds. The van der Waals surface area contributed by atoms with E-state index < -0.39 is 0 Å². The van der Waals surface area contributed by atoms with Gasteiger partial charge in [-0.2, -0.15) is 0 Å². The number of allylic oxidation sites excluding steroid dienone is 1. The van der Waals surface area contributed by atoms with E-state index in [0.29, 0.717) is 28.1 Å². The highest BCUT2D eigenvalue weighted by molar-refractivity contribution is 7.99. The molecule has 7 nitrogen and oxygen atoms in total. The molecule has 0 bridgehead atoms. The van der Waals surface area contributed by atoms with Crippen molar-refractivity contribution in [1.82, 2.24) is 20.1 Å². The van der Waals surface area contributed by atoms with Crippen molar-refractivity contribution in [2.45, 2.75) is 32.1 Å². The van der Waals surface area contributed by atoms with Crippen LogP contribution in [0.2, 0.25) is 10.0 Å². The minimum atomic E-state index is -0.355. The summed E-state index contributed by atoms with van der Waals surface area (Å²) in [6.45, 7) is 8.30. The molecule has 0 atom stereocenters. The van der Waals surface area contributed by atoms with Crippen molar-refractivity contribution >= 4 is 52.5 Å². The molecule has 1 aromatic heterocycles. The van der Waals surface area contributed by atoms with Gasteiger partial charge in [0.1, 0.15) is 0 Å². The molecule has 0 unspecified atom stereocenters. The van der Waals surface area contributed by atoms with Crippen LogP contribution in [0, 0.1) is 13.8 Å². The van der Waals surface area contributed by atoms with Gasteiger partial charge in [0.25, 0.3) is 5.91 Å². The topological polar surface area (TPSA) is 88.9 Å². The Bertz CT molecular complexity index is 1180. The molecule has 1 heterocycles. The summed E-state index contributed by atoms with van der Waals surface area (Å²) in [5.41, 5.74) is 3.23. The number of hydrogen-bond donors (Lipinski definition) is 2. The SMILES string of the molecule is C=CCn1c(CNC(=O)c2ccc(Cl)cc2Cl)nnc1SCC(=O)Nc1cc(C)cc(C)c1. The van der Waals surface area contributed by atoms with E-state index in [9.17, 15) is 9.59 Å². The van der Waals surface area contributed by atoms with Gasteiger partial charge in [-0.15, -0.1) is 16.8 Å². The maximum absolute atomic E-state index is 12.5. The van der Waals surface area contributed by atoms with Crippen molar-refractivity contribution in [2.24, 2.45) is 0 Å². The summed E-state index contributed by atoms with van der Waals surface area (Å²) in [5.74, 6) is 0.192. The number of carbonyl (C=O) groups excluding carboxylic acids is 2. The number of thioether (sulfide) groups is 1. The Morgan fingerprint density at radius 2 is 1.85 bits per heavy atom. The van der Waals surface area contributed by atoms with Gasteiger partial charge in [0.2, 0.25) is 5.91 Å². The van der Waals surface area contributed by atoms with Gasteiger partial charge in [-0.3, -0.25) is 9.59 Å². The second-order valence-electron chi connectivity index (χ2n) is 7.32. The molecular formula is C23H23Cl2N5O2S. The van der Waals surface area contributed by atoms with Gasteiger partial charge in [-0.1, -0.05) is 47.1 Å². The van der Waals surface area contributed by atoms with Gasteiger partial charge in [0.05, 0.1) is 22.9 Å². The average Bonchev–Trinajstić information content (AvgIpc) is 3.11. The van der Waals surface area contributed by atoms with Gasteiger partial charge < -0.3 is 15.2 Å². The second-order valence-corrected chi connectivity index (χ2v) is 9.10. The zero-order valence-corrected chi connectivity index (χ0v) is 20.5. The van der Waals surface area contributed by atoms with Gasteiger partial charge >= 0.3 is 0 Å². The number of halogens is 2. The van der Waals surface area contributed by atoms with Crippen LogP contribution in [0.4, 0.5) is 5.69 Å². The van der Waals surface area contributed by atoms with E-state index in [4.69, 9.17) is 23.2 Å². The molecule has 0 aliphatic carbocycles. The molecule has 0 aliphatic heterocycles. The molecule has 0 fully saturated rings. The summed E-state index contributed by atoms with van der Waals surface area (Å²) in [7, 11) is 0. The average molecular weight is 504 g/mol. The first-order valence-electron chi connectivity index (χ1n) is 10.0. The predicted octanol–water partition coefficient (Wildman–Crippen LogP) is 5.05. The Morgan fingerprint density at radius 3 is 2.52 bits per heavy atom. The smallest absolute Gasteiger partial charge is 0.253 e. The monoisotopic (exact) mass is 503 g/mol. The molecule has 3 aromatic rings. The molecule has 0 saturated carbocycles. The molecule has 2 aromatic carbocycles. The highest BCUT2D eigenvalue weighted by atomic mass is 35.5. The number of anilines is 1. The molecule has 3 rings (SSSR count). The van der Waals surface area contributed by atoms with Crippen LogP contribution in [0.5, 0.6) is 0 Å². The third-order valence-corrected chi connectivity index (χ3v) is 6.04. The van der Waals surface area contributed by atoms with E-state index in [-0.39, 0.29) is 29.1 Å². The maximum Gasteiger partial charge on any atom is 0.253 e. The van der Waals surface area contributed by atoms with Crippen molar-refractivity contribution in [2.75, 3.05) is 11.1 Å². The minimum absolute atomic E-state index is 0.133. The van der Waals surface area contributed by atoms with Crippen molar-refractivity contribution in [3.05, 3.63) is 81.6 Å². The predicted molar refractivity (Wildman–Crippen MR) is 133 cm³/mol. The first-order chi connectivity index (χ1) is 15.8. The molecule has 2 N–H and O–H groups in total. The van der Waals surface area contributed by atoms with Gasteiger partial charge in [-0.05, 0) is 55.3 Å². The van der Waals surface area contributed by atoms with Crippen LogP contribution in [-0.4, -0.2) is 32.3 Å². The van der Waals surface area contributed by atoms with E-state index >= 15 is 0 Å². The molecule has 10 heteroatoms. The van der Waals surface area contributed by atoms with Crippen LogP contribution in [0.1, 0.15) is 27.3 Å². The Kier molecular flexibility index (Phi) is 8.55. The standard InChI is InChI=1S/C23H23Cl2N5O2S/c1-4-7-30-20(12-26-22(32)18-6-5-16(24)11-19(18)25)28-29-23(30)33-13-21(31)27-17-9-14(2)8-15(3)10-17/h4-6,8-11H,1,7,12-13H2,2-3H3,(H,26,32)(H,27,31). The largest absolute Gasteiger partial charge is 0.345 e. The molecule has 172 valence electrons. The van der Waals surface area contributed by atoms with E-state index in [1.165, 1.54) is 17.8 Å². The summed E-state index contributed by atoms with van der Waals surface area (Å²) in [6, 6.07) is 10.6. The first kappa shape index (κ1) is 24.8. The fourth-order valence-electron chi connectivity index (χ4n) is 3.17. The number of amides is 2. The highest BCUT2D eigenvalue weighted by Gasteiger charge is 2.16.